The molecule has 7 heteroatoms. The van der Waals surface area contributed by atoms with Crippen molar-refractivity contribution < 1.29 is 4.79 Å². The Balaban J connectivity index is 1.80. The smallest absolute Gasteiger partial charge is 0.258 e. The first kappa shape index (κ1) is 18.6. The van der Waals surface area contributed by atoms with Crippen molar-refractivity contribution in [1.82, 2.24) is 5.32 Å². The summed E-state index contributed by atoms with van der Waals surface area (Å²) in [4.78, 5) is 12.6. The summed E-state index contributed by atoms with van der Waals surface area (Å²) >= 11 is 17.1. The molecule has 0 spiro atoms. The van der Waals surface area contributed by atoms with Gasteiger partial charge in [-0.2, -0.15) is 0 Å². The highest BCUT2D eigenvalue weighted by Gasteiger charge is 2.13. The lowest BCUT2D eigenvalue weighted by Crippen LogP contribution is -2.34. The number of nitrogens with one attached hydrogen (secondary N) is 2. The number of benzene rings is 3. The minimum absolute atomic E-state index is 0.240. The van der Waals surface area contributed by atoms with E-state index in [1.807, 2.05) is 36.4 Å². The second-order valence-corrected chi connectivity index (χ2v) is 8.07. The number of thiocarbonyl (C=S) groups is 1. The van der Waals surface area contributed by atoms with E-state index in [9.17, 15) is 4.79 Å². The van der Waals surface area contributed by atoms with E-state index in [4.69, 9.17) is 23.8 Å². The third-order valence-electron chi connectivity index (χ3n) is 3.52. The normalized spacial score (nSPS) is 10.5. The number of rotatable bonds is 2. The van der Waals surface area contributed by atoms with Gasteiger partial charge in [0.05, 0.1) is 5.69 Å². The van der Waals surface area contributed by atoms with E-state index < -0.39 is 0 Å². The number of amides is 1. The van der Waals surface area contributed by atoms with E-state index in [1.165, 1.54) is 0 Å². The van der Waals surface area contributed by atoms with Gasteiger partial charge in [-0.05, 0) is 70.5 Å². The number of halogens is 3. The molecule has 0 fully saturated rings. The van der Waals surface area contributed by atoms with E-state index in [0.29, 0.717) is 10.6 Å². The predicted octanol–water partition coefficient (Wildman–Crippen LogP) is 5.99. The molecule has 25 heavy (non-hydrogen) atoms. The van der Waals surface area contributed by atoms with Crippen LogP contribution >= 0.6 is 62.3 Å². The topological polar surface area (TPSA) is 41.1 Å². The van der Waals surface area contributed by atoms with Gasteiger partial charge in [-0.1, -0.05) is 51.8 Å². The third-order valence-corrected chi connectivity index (χ3v) is 5.44. The summed E-state index contributed by atoms with van der Waals surface area (Å²) in [5.74, 6) is -0.280. The van der Waals surface area contributed by atoms with Crippen LogP contribution in [0.2, 0.25) is 5.02 Å². The van der Waals surface area contributed by atoms with Crippen LogP contribution in [-0.4, -0.2) is 11.0 Å². The van der Waals surface area contributed by atoms with Gasteiger partial charge in [0.1, 0.15) is 0 Å². The first-order valence-electron chi connectivity index (χ1n) is 7.20. The standard InChI is InChI=1S/C18H11BrClIN2OS/c19-10-7-8-16(15(21)9-10)22-18(25)23-17(24)13-5-1-4-12-11(13)3-2-6-14(12)20/h1-9H,(H2,22,23,24,25). The highest BCUT2D eigenvalue weighted by Crippen LogP contribution is 2.26. The van der Waals surface area contributed by atoms with Gasteiger partial charge in [0.15, 0.2) is 5.11 Å². The molecule has 0 radical (unpaired) electrons. The van der Waals surface area contributed by atoms with E-state index in [2.05, 4.69) is 49.2 Å². The number of carbonyl (C=O) groups excluding carboxylic acids is 1. The van der Waals surface area contributed by atoms with Crippen molar-refractivity contribution in [3.63, 3.8) is 0 Å². The van der Waals surface area contributed by atoms with Crippen molar-refractivity contribution in [3.05, 3.63) is 73.2 Å². The fraction of sp³-hybridized carbons (Fsp3) is 0. The molecule has 0 saturated carbocycles. The van der Waals surface area contributed by atoms with Crippen LogP contribution in [0, 0.1) is 3.57 Å². The summed E-state index contributed by atoms with van der Waals surface area (Å²) < 4.78 is 1.96. The number of carbonyl (C=O) groups is 1. The molecule has 0 saturated heterocycles. The minimum Gasteiger partial charge on any atom is -0.332 e. The Morgan fingerprint density at radius 3 is 2.56 bits per heavy atom. The molecule has 0 aliphatic rings. The second-order valence-electron chi connectivity index (χ2n) is 5.17. The fourth-order valence-electron chi connectivity index (χ4n) is 2.38. The van der Waals surface area contributed by atoms with Crippen LogP contribution in [0.1, 0.15) is 10.4 Å². The maximum atomic E-state index is 12.6. The lowest BCUT2D eigenvalue weighted by atomic mass is 10.0. The molecule has 3 aromatic rings. The first-order valence-corrected chi connectivity index (χ1v) is 9.86. The Kier molecular flexibility index (Phi) is 5.93. The Hall–Kier alpha value is -1.22. The van der Waals surface area contributed by atoms with Crippen molar-refractivity contribution in [3.8, 4) is 0 Å². The molecule has 2 N–H and O–H groups in total. The highest BCUT2D eigenvalue weighted by molar-refractivity contribution is 14.1. The van der Waals surface area contributed by atoms with Gasteiger partial charge in [-0.15, -0.1) is 0 Å². The van der Waals surface area contributed by atoms with Crippen LogP contribution in [0.4, 0.5) is 5.69 Å². The van der Waals surface area contributed by atoms with Crippen LogP contribution in [0.15, 0.2) is 59.1 Å². The van der Waals surface area contributed by atoms with Crippen LogP contribution in [0.3, 0.4) is 0 Å². The van der Waals surface area contributed by atoms with Crippen molar-refractivity contribution in [1.29, 1.82) is 0 Å². The Labute approximate surface area is 177 Å². The third kappa shape index (κ3) is 4.31. The summed E-state index contributed by atoms with van der Waals surface area (Å²) in [5.41, 5.74) is 1.35. The monoisotopic (exact) mass is 544 g/mol. The van der Waals surface area contributed by atoms with Gasteiger partial charge in [-0.25, -0.2) is 0 Å². The lowest BCUT2D eigenvalue weighted by Gasteiger charge is -2.12. The zero-order chi connectivity index (χ0) is 18.0. The molecular weight excluding hydrogens is 535 g/mol. The molecule has 0 aliphatic heterocycles. The molecule has 3 nitrogen and oxygen atoms in total. The second kappa shape index (κ2) is 7.99. The Morgan fingerprint density at radius 2 is 1.80 bits per heavy atom. The number of anilines is 1. The highest BCUT2D eigenvalue weighted by atomic mass is 127. The minimum atomic E-state index is -0.280. The first-order chi connectivity index (χ1) is 12.0. The fourth-order valence-corrected chi connectivity index (χ4v) is 4.26. The average Bonchev–Trinajstić information content (AvgIpc) is 2.57. The summed E-state index contributed by atoms with van der Waals surface area (Å²) in [7, 11) is 0. The molecule has 0 heterocycles. The molecule has 1 amide bonds. The van der Waals surface area contributed by atoms with Crippen LogP contribution in [0.5, 0.6) is 0 Å². The van der Waals surface area contributed by atoms with E-state index in [1.54, 1.807) is 18.2 Å². The van der Waals surface area contributed by atoms with Gasteiger partial charge in [0, 0.05) is 24.0 Å². The zero-order valence-corrected chi connectivity index (χ0v) is 18.0. The molecule has 3 rings (SSSR count). The Bertz CT molecular complexity index is 996. The van der Waals surface area contributed by atoms with Gasteiger partial charge >= 0.3 is 0 Å². The molecule has 0 aliphatic carbocycles. The predicted molar refractivity (Wildman–Crippen MR) is 120 cm³/mol. The Morgan fingerprint density at radius 1 is 1.08 bits per heavy atom. The van der Waals surface area contributed by atoms with Gasteiger partial charge < -0.3 is 5.32 Å². The molecule has 3 aromatic carbocycles. The van der Waals surface area contributed by atoms with Crippen molar-refractivity contribution in [2.45, 2.75) is 0 Å². The maximum absolute atomic E-state index is 12.6. The van der Waals surface area contributed by atoms with E-state index in [0.717, 1.165) is 24.5 Å². The molecular formula is C18H11BrClIN2OS. The summed E-state index contributed by atoms with van der Waals surface area (Å²) in [6, 6.07) is 16.7. The van der Waals surface area contributed by atoms with Crippen LogP contribution in [0.25, 0.3) is 10.8 Å². The van der Waals surface area contributed by atoms with Gasteiger partial charge in [-0.3, -0.25) is 10.1 Å². The van der Waals surface area contributed by atoms with Crippen molar-refractivity contribution >= 4 is 89.8 Å². The lowest BCUT2D eigenvalue weighted by molar-refractivity contribution is 0.0979. The van der Waals surface area contributed by atoms with Crippen molar-refractivity contribution in [2.24, 2.45) is 0 Å². The van der Waals surface area contributed by atoms with Crippen molar-refractivity contribution in [2.75, 3.05) is 5.32 Å². The number of hydrogen-bond donors (Lipinski definition) is 2. The van der Waals surface area contributed by atoms with E-state index >= 15 is 0 Å². The number of fused-ring (bicyclic) bond motifs is 1. The largest absolute Gasteiger partial charge is 0.332 e. The quantitative estimate of drug-likeness (QED) is 0.307. The summed E-state index contributed by atoms with van der Waals surface area (Å²) in [6.45, 7) is 0. The van der Waals surface area contributed by atoms with Crippen LogP contribution in [-0.2, 0) is 0 Å². The zero-order valence-electron chi connectivity index (χ0n) is 12.6. The van der Waals surface area contributed by atoms with Gasteiger partial charge in [0.25, 0.3) is 5.91 Å². The molecule has 0 unspecified atom stereocenters. The molecule has 0 atom stereocenters. The SMILES string of the molecule is O=C(NC(=S)Nc1ccc(Br)cc1I)c1cccc2c(Cl)cccc12. The molecule has 0 aromatic heterocycles. The summed E-state index contributed by atoms with van der Waals surface area (Å²) in [5, 5.41) is 8.23. The number of hydrogen-bond acceptors (Lipinski definition) is 2. The molecule has 126 valence electrons. The molecule has 0 bridgehead atoms. The average molecular weight is 546 g/mol. The maximum Gasteiger partial charge on any atom is 0.258 e. The van der Waals surface area contributed by atoms with Gasteiger partial charge in [0.2, 0.25) is 0 Å². The van der Waals surface area contributed by atoms with Crippen LogP contribution < -0.4 is 10.6 Å². The summed E-state index contributed by atoms with van der Waals surface area (Å²) in [6.07, 6.45) is 0. The van der Waals surface area contributed by atoms with E-state index in [-0.39, 0.29) is 11.0 Å².